The minimum Gasteiger partial charge on any atom is -1.00 e. The zero-order chi connectivity index (χ0) is 21.3. The molecule has 187 valence electrons. The molecule has 0 heterocycles. The van der Waals surface area contributed by atoms with Gasteiger partial charge in [0.1, 0.15) is 11.2 Å². The van der Waals surface area contributed by atoms with Crippen LogP contribution in [0.4, 0.5) is 0 Å². The van der Waals surface area contributed by atoms with Crippen LogP contribution in [0.5, 0.6) is 0 Å². The quantitative estimate of drug-likeness (QED) is 0.216. The molecule has 35 heavy (non-hydrogen) atoms. The fourth-order valence-electron chi connectivity index (χ4n) is 1.37. The first-order valence-electron chi connectivity index (χ1n) is 6.23. The Balaban J connectivity index is -0.0000000137. The van der Waals surface area contributed by atoms with E-state index in [0.29, 0.717) is 0 Å². The van der Waals surface area contributed by atoms with Gasteiger partial charge in [-0.3, -0.25) is 0 Å². The molecule has 0 aromatic rings. The number of aliphatic carboxylic acids is 6. The van der Waals surface area contributed by atoms with Crippen LogP contribution in [0.25, 0.3) is 0 Å². The van der Waals surface area contributed by atoms with Gasteiger partial charge in [-0.1, -0.05) is 0 Å². The van der Waals surface area contributed by atoms with Crippen LogP contribution in [0.1, 0.15) is 34.2 Å². The molecule has 0 aromatic heterocycles. The van der Waals surface area contributed by atoms with E-state index in [9.17, 15) is 59.4 Å². The van der Waals surface area contributed by atoms with Crippen molar-refractivity contribution in [3.8, 4) is 0 Å². The van der Waals surface area contributed by atoms with Gasteiger partial charge in [0.25, 0.3) is 0 Å². The molecule has 0 unspecified atom stereocenters. The van der Waals surface area contributed by atoms with Crippen molar-refractivity contribution in [1.82, 2.24) is 0 Å². The Morgan fingerprint density at radius 1 is 0.457 bits per heavy atom. The van der Waals surface area contributed by atoms with Gasteiger partial charge in [0.15, 0.2) is 0 Å². The van der Waals surface area contributed by atoms with Crippen molar-refractivity contribution in [2.75, 3.05) is 0 Å². The van der Waals surface area contributed by atoms with Gasteiger partial charge in [-0.15, -0.1) is 0 Å². The summed E-state index contributed by atoms with van der Waals surface area (Å²) in [6.07, 6.45) is -5.43. The topological polar surface area (TPSA) is 281 Å². The molecule has 23 heteroatoms. The first kappa shape index (κ1) is 70.9. The van der Waals surface area contributed by atoms with E-state index in [1.807, 2.05) is 0 Å². The standard InChI is InChI=1S/2C6H8O7.3Cu.6Li.6H/c2*7-3(8)1-6(13,5(11)12)2-4(9)10;;;;;;;;;;;;;;;/h2*13H,1-2H2,(H,7,8)(H,9,10)(H,11,12);;;;;;;;;;;;;;;/q;;3*+2;6*+1;6*-1/p-6. The predicted molar refractivity (Wildman–Crippen MR) is 65.1 cm³/mol. The van der Waals surface area contributed by atoms with Gasteiger partial charge < -0.3 is 78.2 Å². The molecule has 0 saturated heterocycles. The summed E-state index contributed by atoms with van der Waals surface area (Å²) in [5, 5.41) is 77.9. The van der Waals surface area contributed by atoms with Crippen molar-refractivity contribution >= 4 is 35.8 Å². The molecule has 0 saturated carbocycles. The minimum absolute atomic E-state index is 0. The minimum atomic E-state index is -2.97. The van der Waals surface area contributed by atoms with E-state index < -0.39 is 72.7 Å². The van der Waals surface area contributed by atoms with Crippen LogP contribution in [0, 0.1) is 0 Å². The molecular formula is C12H16Cu3Li6O14. The van der Waals surface area contributed by atoms with Crippen molar-refractivity contribution < 1.29 is 243 Å². The molecule has 0 fully saturated rings. The first-order chi connectivity index (χ1) is 11.6. The summed E-state index contributed by atoms with van der Waals surface area (Å²) in [6.45, 7) is 0. The number of carbonyl (C=O) groups excluding carboxylic acids is 6. The molecular weight excluding hydrogens is 600 g/mol. The molecule has 0 aliphatic carbocycles. The number of aliphatic hydroxyl groups is 2. The van der Waals surface area contributed by atoms with Gasteiger partial charge in [0.2, 0.25) is 0 Å². The van der Waals surface area contributed by atoms with Crippen LogP contribution in [0.3, 0.4) is 0 Å². The Morgan fingerprint density at radius 3 is 0.629 bits per heavy atom. The summed E-state index contributed by atoms with van der Waals surface area (Å²) >= 11 is 0. The molecule has 14 nitrogen and oxygen atoms in total. The molecule has 0 spiro atoms. The molecule has 0 bridgehead atoms. The maximum Gasteiger partial charge on any atom is 2.00 e. The maximum atomic E-state index is 10.1. The summed E-state index contributed by atoms with van der Waals surface area (Å²) in [6, 6.07) is 0. The summed E-state index contributed by atoms with van der Waals surface area (Å²) in [5.41, 5.74) is -5.95. The molecule has 0 atom stereocenters. The molecule has 0 rings (SSSR count). The summed E-state index contributed by atoms with van der Waals surface area (Å²) in [5.74, 6) is -12.0. The fraction of sp³-hybridized carbons (Fsp3) is 0.500. The van der Waals surface area contributed by atoms with Crippen molar-refractivity contribution in [3.63, 3.8) is 0 Å². The van der Waals surface area contributed by atoms with E-state index in [1.165, 1.54) is 0 Å². The average molecular weight is 617 g/mol. The third-order valence-electron chi connectivity index (χ3n) is 2.51. The summed E-state index contributed by atoms with van der Waals surface area (Å²) < 4.78 is 0. The first-order valence-corrected chi connectivity index (χ1v) is 6.23. The van der Waals surface area contributed by atoms with E-state index in [1.54, 1.807) is 0 Å². The molecule has 0 aliphatic heterocycles. The van der Waals surface area contributed by atoms with Crippen LogP contribution >= 0.6 is 0 Å². The van der Waals surface area contributed by atoms with Gasteiger partial charge in [0.05, 0.1) is 11.9 Å². The van der Waals surface area contributed by atoms with Gasteiger partial charge in [-0.2, -0.15) is 0 Å². The Morgan fingerprint density at radius 2 is 0.571 bits per heavy atom. The third kappa shape index (κ3) is 35.9. The zero-order valence-electron chi connectivity index (χ0n) is 25.5. The van der Waals surface area contributed by atoms with Gasteiger partial charge in [0, 0.05) is 49.6 Å². The van der Waals surface area contributed by atoms with Crippen LogP contribution in [0.2, 0.25) is 0 Å². The molecule has 0 aromatic carbocycles. The molecule has 3 radical (unpaired) electrons. The second kappa shape index (κ2) is 33.9. The smallest absolute Gasteiger partial charge is 1.00 e. The summed E-state index contributed by atoms with van der Waals surface area (Å²) in [7, 11) is 0. The number of hydrogen-bond donors (Lipinski definition) is 2. The Hall–Kier alpha value is 1.88. The average Bonchev–Trinajstić information content (AvgIpc) is 2.34. The second-order valence-electron chi connectivity index (χ2n) is 4.83. The van der Waals surface area contributed by atoms with Gasteiger partial charge in [-0.25, -0.2) is 0 Å². The SMILES string of the molecule is O=C([O-])CC(O)(CC(=O)[O-])C(=O)[O-].O=C([O-])CC(O)(CC(=O)[O-])C(=O)[O-].[Cu+2].[Cu+2].[Cu+2].[H-].[H-].[H-].[H-].[H-].[H-].[Li+].[Li+].[Li+].[Li+].[Li+].[Li+]. The van der Waals surface area contributed by atoms with E-state index in [0.717, 1.165) is 0 Å². The van der Waals surface area contributed by atoms with Crippen LogP contribution in [0.15, 0.2) is 0 Å². The van der Waals surface area contributed by atoms with Gasteiger partial charge in [-0.05, 0) is 0 Å². The summed E-state index contributed by atoms with van der Waals surface area (Å²) in [4.78, 5) is 60.0. The van der Waals surface area contributed by atoms with Crippen molar-refractivity contribution in [2.45, 2.75) is 36.9 Å². The van der Waals surface area contributed by atoms with Crippen molar-refractivity contribution in [2.24, 2.45) is 0 Å². The number of carbonyl (C=O) groups is 6. The van der Waals surface area contributed by atoms with Crippen molar-refractivity contribution in [1.29, 1.82) is 0 Å². The van der Waals surface area contributed by atoms with Gasteiger partial charge >= 0.3 is 164 Å². The van der Waals surface area contributed by atoms with Crippen LogP contribution in [-0.4, -0.2) is 57.2 Å². The third-order valence-corrected chi connectivity index (χ3v) is 2.51. The van der Waals surface area contributed by atoms with E-state index in [-0.39, 0.29) is 173 Å². The second-order valence-corrected chi connectivity index (χ2v) is 4.83. The zero-order valence-corrected chi connectivity index (χ0v) is 22.4. The number of carboxylic acid groups (broad SMARTS) is 6. The predicted octanol–water partition coefficient (Wildman–Crippen LogP) is -27.8. The molecule has 0 aliphatic rings. The molecule has 2 N–H and O–H groups in total. The van der Waals surface area contributed by atoms with Crippen molar-refractivity contribution in [3.05, 3.63) is 0 Å². The molecule has 0 amide bonds. The normalized spacial score (nSPS) is 8.06. The number of rotatable bonds is 10. The Bertz CT molecular complexity index is 568. The largest absolute Gasteiger partial charge is 2.00 e. The maximum absolute atomic E-state index is 10.1. The van der Waals surface area contributed by atoms with Crippen LogP contribution < -0.4 is 144 Å². The van der Waals surface area contributed by atoms with E-state index in [2.05, 4.69) is 0 Å². The van der Waals surface area contributed by atoms with E-state index >= 15 is 0 Å². The monoisotopic (exact) mass is 615 g/mol. The van der Waals surface area contributed by atoms with Crippen LogP contribution in [-0.2, 0) is 80.0 Å². The number of hydrogen-bond acceptors (Lipinski definition) is 14. The Kier molecular flexibility index (Phi) is 68.7. The Labute approximate surface area is 312 Å². The number of carboxylic acids is 6. The van der Waals surface area contributed by atoms with E-state index in [4.69, 9.17) is 10.2 Å². The fourth-order valence-corrected chi connectivity index (χ4v) is 1.37.